The molecule has 0 aromatic heterocycles. The Morgan fingerprint density at radius 2 is 1.18 bits per heavy atom. The van der Waals surface area contributed by atoms with Gasteiger partial charge in [-0.15, -0.1) is 0 Å². The lowest BCUT2D eigenvalue weighted by atomic mass is 10.2. The van der Waals surface area contributed by atoms with Gasteiger partial charge in [0.1, 0.15) is 0 Å². The van der Waals surface area contributed by atoms with E-state index >= 15 is 0 Å². The lowest BCUT2D eigenvalue weighted by Gasteiger charge is -2.32. The molecule has 0 fully saturated rings. The lowest BCUT2D eigenvalue weighted by Crippen LogP contribution is -2.41. The average Bonchev–Trinajstić information content (AvgIpc) is 2.35. The Hall–Kier alpha value is 0.364. The zero-order chi connectivity index (χ0) is 17.6. The van der Waals surface area contributed by atoms with Crippen LogP contribution in [-0.2, 0) is 8.23 Å². The van der Waals surface area contributed by atoms with Crippen molar-refractivity contribution in [2.45, 2.75) is 50.9 Å². The molecule has 0 radical (unpaired) electrons. The van der Waals surface area contributed by atoms with E-state index in [1.807, 2.05) is 26.2 Å². The van der Waals surface area contributed by atoms with Crippen molar-refractivity contribution in [3.8, 4) is 0 Å². The van der Waals surface area contributed by atoms with E-state index in [0.717, 1.165) is 0 Å². The Morgan fingerprint density at radius 1 is 0.818 bits per heavy atom. The van der Waals surface area contributed by atoms with Crippen molar-refractivity contribution in [2.24, 2.45) is 0 Å². The minimum Gasteiger partial charge on any atom is -0.438 e. The molecule has 0 saturated heterocycles. The Balaban J connectivity index is 5.08. The Bertz CT molecular complexity index is 377. The van der Waals surface area contributed by atoms with Crippen molar-refractivity contribution in [1.82, 2.24) is 0 Å². The zero-order valence-electron chi connectivity index (χ0n) is 14.6. The first-order chi connectivity index (χ1) is 9.98. The third kappa shape index (κ3) is 7.29. The van der Waals surface area contributed by atoms with Crippen molar-refractivity contribution in [3.05, 3.63) is 23.6 Å². The summed E-state index contributed by atoms with van der Waals surface area (Å²) < 4.78 is 11.2. The fourth-order valence-electron chi connectivity index (χ4n) is 2.23. The van der Waals surface area contributed by atoms with Gasteiger partial charge in [0.2, 0.25) is 0 Å². The average molecular weight is 397 g/mol. The standard InChI is InChI=1S/C12H32O5Si5/c1-9(21(14)16-19(5)6)11(13)12(18(3)4)10(2)22(15)17-20(7)8/h11-15,18-22H,1-2H2,3-8H3. The molecule has 10 heteroatoms. The molecule has 0 aliphatic carbocycles. The van der Waals surface area contributed by atoms with E-state index in [9.17, 15) is 14.7 Å². The number of hydrogen-bond donors (Lipinski definition) is 3. The zero-order valence-corrected chi connectivity index (χ0v) is 20.4. The van der Waals surface area contributed by atoms with Crippen LogP contribution in [0.25, 0.3) is 0 Å². The van der Waals surface area contributed by atoms with Crippen LogP contribution in [0.3, 0.4) is 0 Å². The number of rotatable bonds is 10. The predicted molar refractivity (Wildman–Crippen MR) is 106 cm³/mol. The number of aliphatic hydroxyl groups excluding tert-OH is 1. The molecule has 3 N–H and O–H groups in total. The van der Waals surface area contributed by atoms with Crippen LogP contribution in [0, 0.1) is 0 Å². The molecule has 0 heterocycles. The van der Waals surface area contributed by atoms with Gasteiger partial charge in [-0.25, -0.2) is 0 Å². The fraction of sp³-hybridized carbons (Fsp3) is 0.667. The van der Waals surface area contributed by atoms with Crippen molar-refractivity contribution in [3.63, 3.8) is 0 Å². The van der Waals surface area contributed by atoms with E-state index in [2.05, 4.69) is 26.3 Å². The molecule has 22 heavy (non-hydrogen) atoms. The third-order valence-corrected chi connectivity index (χ3v) is 14.3. The third-order valence-electron chi connectivity index (χ3n) is 3.30. The molecule has 5 nitrogen and oxygen atoms in total. The van der Waals surface area contributed by atoms with Gasteiger partial charge >= 0.3 is 18.6 Å². The molecule has 0 aliphatic heterocycles. The summed E-state index contributed by atoms with van der Waals surface area (Å²) in [5, 5.41) is 11.6. The summed E-state index contributed by atoms with van der Waals surface area (Å²) in [7, 11) is -9.23. The minimum absolute atomic E-state index is 0.235. The first kappa shape index (κ1) is 22.4. The number of aliphatic hydroxyl groups is 1. The maximum absolute atomic E-state index is 10.6. The maximum Gasteiger partial charge on any atom is 0.340 e. The fourth-order valence-corrected chi connectivity index (χ4v) is 12.5. The van der Waals surface area contributed by atoms with Crippen LogP contribution in [0.15, 0.2) is 23.6 Å². The first-order valence-electron chi connectivity index (χ1n) is 7.71. The lowest BCUT2D eigenvalue weighted by molar-refractivity contribution is 0.211. The van der Waals surface area contributed by atoms with E-state index in [1.54, 1.807) is 0 Å². The van der Waals surface area contributed by atoms with Gasteiger partial charge < -0.3 is 22.9 Å². The smallest absolute Gasteiger partial charge is 0.340 e. The van der Waals surface area contributed by atoms with Gasteiger partial charge in [-0.1, -0.05) is 26.3 Å². The summed E-state index contributed by atoms with van der Waals surface area (Å²) in [5.74, 6) is 0. The molecule has 0 rings (SSSR count). The molecule has 4 atom stereocenters. The SMILES string of the molecule is C=C(C(O)C(C(=C)[SiH](O)O[SiH](C)C)[SiH](C)C)[SiH](O)O[SiH](C)C. The first-order valence-corrected chi connectivity index (χ1v) is 19.4. The molecule has 4 unspecified atom stereocenters. The maximum atomic E-state index is 10.6. The van der Waals surface area contributed by atoms with E-state index in [4.69, 9.17) is 8.23 Å². The summed E-state index contributed by atoms with van der Waals surface area (Å²) in [6.07, 6.45) is -0.895. The highest BCUT2D eigenvalue weighted by molar-refractivity contribution is 6.69. The van der Waals surface area contributed by atoms with Crippen molar-refractivity contribution < 1.29 is 22.9 Å². The number of hydrogen-bond acceptors (Lipinski definition) is 5. The van der Waals surface area contributed by atoms with Gasteiger partial charge in [0.25, 0.3) is 0 Å². The van der Waals surface area contributed by atoms with E-state index in [-0.39, 0.29) is 5.54 Å². The predicted octanol–water partition coefficient (Wildman–Crippen LogP) is -0.179. The molecule has 0 saturated carbocycles. The topological polar surface area (TPSA) is 79.2 Å². The van der Waals surface area contributed by atoms with Gasteiger partial charge in [-0.3, -0.25) is 0 Å². The highest BCUT2D eigenvalue weighted by Crippen LogP contribution is 2.30. The summed E-state index contributed by atoms with van der Waals surface area (Å²) in [5.41, 5.74) is -0.235. The monoisotopic (exact) mass is 396 g/mol. The van der Waals surface area contributed by atoms with Gasteiger partial charge in [0.05, 0.1) is 6.10 Å². The van der Waals surface area contributed by atoms with Crippen LogP contribution in [0.1, 0.15) is 0 Å². The van der Waals surface area contributed by atoms with Crippen LogP contribution in [-0.4, -0.2) is 66.2 Å². The summed E-state index contributed by atoms with van der Waals surface area (Å²) in [4.78, 5) is 20.4. The molecule has 0 amide bonds. The van der Waals surface area contributed by atoms with Crippen molar-refractivity contribution in [2.75, 3.05) is 0 Å². The van der Waals surface area contributed by atoms with Crippen LogP contribution < -0.4 is 0 Å². The summed E-state index contributed by atoms with van der Waals surface area (Å²) in [6, 6.07) is 0. The molecular formula is C12H32O5Si5. The van der Waals surface area contributed by atoms with Gasteiger partial charge in [-0.2, -0.15) is 0 Å². The minimum atomic E-state index is -2.61. The van der Waals surface area contributed by atoms with Gasteiger partial charge in [0.15, 0.2) is 18.1 Å². The van der Waals surface area contributed by atoms with E-state index in [1.165, 1.54) is 0 Å². The Kier molecular flexibility index (Phi) is 10.4. The molecule has 0 spiro atoms. The van der Waals surface area contributed by atoms with Crippen LogP contribution in [0.2, 0.25) is 44.8 Å². The van der Waals surface area contributed by atoms with Gasteiger partial charge in [0, 0.05) is 14.3 Å². The molecule has 0 aliphatic rings. The van der Waals surface area contributed by atoms with Crippen molar-refractivity contribution in [1.29, 1.82) is 0 Å². The molecule has 0 aromatic rings. The Morgan fingerprint density at radius 3 is 1.50 bits per heavy atom. The van der Waals surface area contributed by atoms with Crippen LogP contribution in [0.4, 0.5) is 0 Å². The van der Waals surface area contributed by atoms with Crippen LogP contribution >= 0.6 is 0 Å². The van der Waals surface area contributed by atoms with Crippen LogP contribution in [0.5, 0.6) is 0 Å². The van der Waals surface area contributed by atoms with Crippen molar-refractivity contribution >= 4 is 45.4 Å². The largest absolute Gasteiger partial charge is 0.438 e. The summed E-state index contributed by atoms with van der Waals surface area (Å²) in [6.45, 7) is 20.0. The second-order valence-electron chi connectivity index (χ2n) is 6.44. The highest BCUT2D eigenvalue weighted by Gasteiger charge is 2.35. The summed E-state index contributed by atoms with van der Waals surface area (Å²) >= 11 is 0. The second-order valence-corrected chi connectivity index (χ2v) is 18.9. The Labute approximate surface area is 143 Å². The quantitative estimate of drug-likeness (QED) is 0.447. The second kappa shape index (κ2) is 10.3. The molecular weight excluding hydrogens is 365 g/mol. The normalized spacial score (nSPS) is 17.6. The van der Waals surface area contributed by atoms with E-state index < -0.39 is 51.5 Å². The highest BCUT2D eigenvalue weighted by atomic mass is 28.4. The molecule has 0 aromatic carbocycles. The molecule has 130 valence electrons. The molecule has 0 bridgehead atoms. The van der Waals surface area contributed by atoms with Gasteiger partial charge in [-0.05, 0) is 36.6 Å². The van der Waals surface area contributed by atoms with E-state index in [0.29, 0.717) is 10.4 Å².